The van der Waals surface area contributed by atoms with Crippen molar-refractivity contribution in [2.75, 3.05) is 0 Å². The van der Waals surface area contributed by atoms with Gasteiger partial charge in [-0.05, 0) is 36.5 Å². The fraction of sp³-hybridized carbons (Fsp3) is 0.400. The Balaban J connectivity index is 2.10. The number of hydrogen-bond acceptors (Lipinski definition) is 2. The summed E-state index contributed by atoms with van der Waals surface area (Å²) in [4.78, 5) is 4.05. The van der Waals surface area contributed by atoms with E-state index in [9.17, 15) is 5.11 Å². The van der Waals surface area contributed by atoms with Crippen LogP contribution in [0.15, 0.2) is 36.8 Å². The lowest BCUT2D eigenvalue weighted by Crippen LogP contribution is -2.26. The quantitative estimate of drug-likeness (QED) is 0.835. The van der Waals surface area contributed by atoms with Crippen molar-refractivity contribution in [2.24, 2.45) is 5.41 Å². The molecule has 1 unspecified atom stereocenters. The monoisotopic (exact) mass is 242 g/mol. The zero-order valence-electron chi connectivity index (χ0n) is 10.8. The Morgan fingerprint density at radius 3 is 2.72 bits per heavy atom. The first-order chi connectivity index (χ1) is 8.57. The highest BCUT2D eigenvalue weighted by Crippen LogP contribution is 2.41. The highest BCUT2D eigenvalue weighted by Gasteiger charge is 2.33. The van der Waals surface area contributed by atoms with E-state index in [4.69, 9.17) is 0 Å². The van der Waals surface area contributed by atoms with Gasteiger partial charge in [-0.3, -0.25) is 4.98 Å². The Morgan fingerprint density at radius 2 is 2.00 bits per heavy atom. The highest BCUT2D eigenvalue weighted by molar-refractivity contribution is 5.39. The van der Waals surface area contributed by atoms with Gasteiger partial charge in [0.05, 0.1) is 6.10 Å². The Bertz CT molecular complexity index is 557. The van der Waals surface area contributed by atoms with Crippen molar-refractivity contribution in [2.45, 2.75) is 32.8 Å². The average molecular weight is 242 g/mol. The van der Waals surface area contributed by atoms with E-state index in [2.05, 4.69) is 23.4 Å². The molecule has 1 aliphatic carbocycles. The molecule has 0 saturated carbocycles. The van der Waals surface area contributed by atoms with Crippen LogP contribution < -0.4 is 0 Å². The van der Waals surface area contributed by atoms with E-state index in [0.29, 0.717) is 0 Å². The zero-order valence-corrected chi connectivity index (χ0v) is 10.8. The van der Waals surface area contributed by atoms with E-state index >= 15 is 0 Å². The van der Waals surface area contributed by atoms with Crippen molar-refractivity contribution in [3.05, 3.63) is 48.0 Å². The third kappa shape index (κ3) is 1.85. The molecule has 2 heterocycles. The van der Waals surface area contributed by atoms with Crippen molar-refractivity contribution in [1.29, 1.82) is 0 Å². The van der Waals surface area contributed by atoms with Crippen molar-refractivity contribution >= 4 is 0 Å². The van der Waals surface area contributed by atoms with Gasteiger partial charge in [0.25, 0.3) is 0 Å². The highest BCUT2D eigenvalue weighted by atomic mass is 16.3. The van der Waals surface area contributed by atoms with Gasteiger partial charge in [0, 0.05) is 35.5 Å². The third-order valence-corrected chi connectivity index (χ3v) is 3.72. The number of aliphatic hydroxyl groups is 1. The predicted octanol–water partition coefficient (Wildman–Crippen LogP) is 2.88. The summed E-state index contributed by atoms with van der Waals surface area (Å²) in [6, 6.07) is 6.03. The van der Waals surface area contributed by atoms with Crippen LogP contribution >= 0.6 is 0 Å². The minimum absolute atomic E-state index is 0.148. The number of fused-ring (bicyclic) bond motifs is 1. The molecule has 2 aromatic heterocycles. The molecule has 3 nitrogen and oxygen atoms in total. The van der Waals surface area contributed by atoms with Crippen LogP contribution in [0.1, 0.15) is 37.6 Å². The maximum atomic E-state index is 10.2. The second-order valence-electron chi connectivity index (χ2n) is 5.85. The van der Waals surface area contributed by atoms with E-state index in [1.165, 1.54) is 5.69 Å². The molecule has 94 valence electrons. The molecule has 0 aliphatic heterocycles. The summed E-state index contributed by atoms with van der Waals surface area (Å²) in [5, 5.41) is 10.2. The topological polar surface area (TPSA) is 38.0 Å². The van der Waals surface area contributed by atoms with Gasteiger partial charge in [-0.15, -0.1) is 0 Å². The number of rotatable bonds is 1. The van der Waals surface area contributed by atoms with Crippen LogP contribution in [0.4, 0.5) is 0 Å². The standard InChI is InChI=1S/C15H18N2O/c1-15(2)9-13-12(14(18)10-15)5-8-17(13)11-3-6-16-7-4-11/h3-8,14,18H,9-10H2,1-2H3. The summed E-state index contributed by atoms with van der Waals surface area (Å²) in [5.41, 5.74) is 3.56. The van der Waals surface area contributed by atoms with E-state index in [1.54, 1.807) is 12.4 Å². The summed E-state index contributed by atoms with van der Waals surface area (Å²) in [6.45, 7) is 4.42. The fourth-order valence-corrected chi connectivity index (χ4v) is 2.88. The maximum absolute atomic E-state index is 10.2. The van der Waals surface area contributed by atoms with E-state index in [-0.39, 0.29) is 11.5 Å². The average Bonchev–Trinajstić information content (AvgIpc) is 2.72. The maximum Gasteiger partial charge on any atom is 0.0812 e. The lowest BCUT2D eigenvalue weighted by atomic mass is 9.75. The van der Waals surface area contributed by atoms with Crippen LogP contribution in [0.5, 0.6) is 0 Å². The zero-order chi connectivity index (χ0) is 12.8. The van der Waals surface area contributed by atoms with Gasteiger partial charge < -0.3 is 9.67 Å². The summed E-state index contributed by atoms with van der Waals surface area (Å²) >= 11 is 0. The van der Waals surface area contributed by atoms with Crippen LogP contribution in [0, 0.1) is 5.41 Å². The Labute approximate surface area is 107 Å². The van der Waals surface area contributed by atoms with Gasteiger partial charge >= 0.3 is 0 Å². The van der Waals surface area contributed by atoms with Gasteiger partial charge in [0.1, 0.15) is 0 Å². The van der Waals surface area contributed by atoms with E-state index < -0.39 is 0 Å². The lowest BCUT2D eigenvalue weighted by molar-refractivity contribution is 0.0987. The molecule has 0 aromatic carbocycles. The Hall–Kier alpha value is -1.61. The lowest BCUT2D eigenvalue weighted by Gasteiger charge is -2.33. The third-order valence-electron chi connectivity index (χ3n) is 3.72. The van der Waals surface area contributed by atoms with Crippen LogP contribution in [-0.4, -0.2) is 14.7 Å². The van der Waals surface area contributed by atoms with E-state index in [0.717, 1.165) is 24.1 Å². The first-order valence-electron chi connectivity index (χ1n) is 6.35. The molecule has 0 amide bonds. The number of aliphatic hydroxyl groups excluding tert-OH is 1. The molecular formula is C15H18N2O. The molecule has 2 aromatic rings. The van der Waals surface area contributed by atoms with Crippen LogP contribution in [0.25, 0.3) is 5.69 Å². The minimum Gasteiger partial charge on any atom is -0.388 e. The van der Waals surface area contributed by atoms with Crippen molar-refractivity contribution in [3.8, 4) is 5.69 Å². The second kappa shape index (κ2) is 3.95. The molecule has 18 heavy (non-hydrogen) atoms. The molecule has 3 heteroatoms. The molecule has 0 radical (unpaired) electrons. The largest absolute Gasteiger partial charge is 0.388 e. The molecule has 1 N–H and O–H groups in total. The van der Waals surface area contributed by atoms with Gasteiger partial charge in [-0.25, -0.2) is 0 Å². The predicted molar refractivity (Wildman–Crippen MR) is 70.6 cm³/mol. The van der Waals surface area contributed by atoms with Crippen molar-refractivity contribution in [1.82, 2.24) is 9.55 Å². The summed E-state index contributed by atoms with van der Waals surface area (Å²) in [7, 11) is 0. The van der Waals surface area contributed by atoms with Gasteiger partial charge in [-0.1, -0.05) is 13.8 Å². The Kier molecular flexibility index (Phi) is 2.52. The molecule has 1 aliphatic rings. The summed E-state index contributed by atoms with van der Waals surface area (Å²) < 4.78 is 2.17. The number of hydrogen-bond donors (Lipinski definition) is 1. The number of pyridine rings is 1. The normalized spacial score (nSPS) is 21.6. The van der Waals surface area contributed by atoms with E-state index in [1.807, 2.05) is 24.4 Å². The van der Waals surface area contributed by atoms with Crippen molar-refractivity contribution in [3.63, 3.8) is 0 Å². The molecular weight excluding hydrogens is 224 g/mol. The fourth-order valence-electron chi connectivity index (χ4n) is 2.88. The summed E-state index contributed by atoms with van der Waals surface area (Å²) in [6.07, 6.45) is 7.13. The molecule has 1 atom stereocenters. The smallest absolute Gasteiger partial charge is 0.0812 e. The van der Waals surface area contributed by atoms with Crippen LogP contribution in [0.2, 0.25) is 0 Å². The number of nitrogens with zero attached hydrogens (tertiary/aromatic N) is 2. The Morgan fingerprint density at radius 1 is 1.28 bits per heavy atom. The first-order valence-corrected chi connectivity index (χ1v) is 6.35. The molecule has 0 spiro atoms. The SMILES string of the molecule is CC1(C)Cc2c(ccn2-c2ccncc2)C(O)C1. The van der Waals surface area contributed by atoms with Gasteiger partial charge in [0.15, 0.2) is 0 Å². The molecule has 3 rings (SSSR count). The summed E-state index contributed by atoms with van der Waals surface area (Å²) in [5.74, 6) is 0. The minimum atomic E-state index is -0.341. The second-order valence-corrected chi connectivity index (χ2v) is 5.85. The molecule has 0 fully saturated rings. The van der Waals surface area contributed by atoms with Crippen LogP contribution in [0.3, 0.4) is 0 Å². The molecule has 0 bridgehead atoms. The van der Waals surface area contributed by atoms with Crippen molar-refractivity contribution < 1.29 is 5.11 Å². The number of aromatic nitrogens is 2. The van der Waals surface area contributed by atoms with Gasteiger partial charge in [-0.2, -0.15) is 0 Å². The molecule has 0 saturated heterocycles. The van der Waals surface area contributed by atoms with Gasteiger partial charge in [0.2, 0.25) is 0 Å². The van der Waals surface area contributed by atoms with Crippen LogP contribution in [-0.2, 0) is 6.42 Å². The first kappa shape index (κ1) is 11.5.